The molecule has 5 N–H and O–H groups in total. The molecule has 1 saturated carbocycles. The number of carbonyl (C=O) groups excluding carboxylic acids is 1. The number of aliphatic hydroxyl groups is 1. The molecule has 1 aliphatic rings. The summed E-state index contributed by atoms with van der Waals surface area (Å²) in [6.45, 7) is 0. The van der Waals surface area contributed by atoms with Crippen molar-refractivity contribution in [2.24, 2.45) is 5.73 Å². The number of carbonyl (C=O) groups is 1. The van der Waals surface area contributed by atoms with Gasteiger partial charge in [-0.15, -0.1) is 0 Å². The molecule has 0 aromatic heterocycles. The number of benzene rings is 1. The van der Waals surface area contributed by atoms with Gasteiger partial charge in [-0.25, -0.2) is 0 Å². The lowest BCUT2D eigenvalue weighted by Crippen LogP contribution is -2.50. The van der Waals surface area contributed by atoms with E-state index in [4.69, 9.17) is 5.73 Å². The average Bonchev–Trinajstić information content (AvgIpc) is 2.66. The summed E-state index contributed by atoms with van der Waals surface area (Å²) in [5.41, 5.74) is 6.83. The number of aromatic hydroxyl groups is 1. The number of hydrogen-bond acceptors (Lipinski definition) is 4. The number of nitrogens with two attached hydrogens (primary N) is 1. The lowest BCUT2D eigenvalue weighted by atomic mass is 10.0. The fraction of sp³-hybridized carbons (Fsp3) is 0.562. The molecule has 0 saturated heterocycles. The van der Waals surface area contributed by atoms with Crippen molar-refractivity contribution in [1.29, 1.82) is 0 Å². The Morgan fingerprint density at radius 1 is 1.24 bits per heavy atom. The molecular weight excluding hydrogens is 268 g/mol. The molecule has 5 heteroatoms. The average molecular weight is 292 g/mol. The Balaban J connectivity index is 1.88. The summed E-state index contributed by atoms with van der Waals surface area (Å²) in [6, 6.07) is 5.83. The number of phenolic OH excluding ortho intramolecular Hbond substituents is 1. The van der Waals surface area contributed by atoms with E-state index in [-0.39, 0.29) is 17.7 Å². The molecule has 0 heterocycles. The highest BCUT2D eigenvalue weighted by Gasteiger charge is 2.25. The van der Waals surface area contributed by atoms with Gasteiger partial charge in [-0.2, -0.15) is 0 Å². The Morgan fingerprint density at radius 3 is 2.62 bits per heavy atom. The van der Waals surface area contributed by atoms with Crippen molar-refractivity contribution in [3.8, 4) is 5.75 Å². The lowest BCUT2D eigenvalue weighted by Gasteiger charge is -2.23. The van der Waals surface area contributed by atoms with Crippen molar-refractivity contribution in [2.75, 3.05) is 0 Å². The normalized spacial score (nSPS) is 24.1. The summed E-state index contributed by atoms with van der Waals surface area (Å²) in [6.07, 6.45) is 4.61. The van der Waals surface area contributed by atoms with Crippen LogP contribution in [0.2, 0.25) is 0 Å². The van der Waals surface area contributed by atoms with Crippen LogP contribution in [0.3, 0.4) is 0 Å². The highest BCUT2D eigenvalue weighted by Crippen LogP contribution is 2.18. The summed E-state index contributed by atoms with van der Waals surface area (Å²) in [5.74, 6) is -0.0348. The van der Waals surface area contributed by atoms with E-state index in [1.54, 1.807) is 24.3 Å². The second-order valence-corrected chi connectivity index (χ2v) is 5.80. The number of amides is 1. The predicted octanol–water partition coefficient (Wildman–Crippen LogP) is 1.07. The summed E-state index contributed by atoms with van der Waals surface area (Å²) in [7, 11) is 0. The van der Waals surface area contributed by atoms with Gasteiger partial charge >= 0.3 is 0 Å². The second-order valence-electron chi connectivity index (χ2n) is 5.80. The van der Waals surface area contributed by atoms with Gasteiger partial charge in [0.15, 0.2) is 0 Å². The Bertz CT molecular complexity index is 461. The Labute approximate surface area is 125 Å². The third kappa shape index (κ3) is 4.72. The van der Waals surface area contributed by atoms with Crippen LogP contribution in [0.1, 0.15) is 37.7 Å². The SMILES string of the molecule is NC(Cc1ccc(O)cc1)C(=O)NC1CCCCCC1O. The number of nitrogens with one attached hydrogen (secondary N) is 1. The Kier molecular flexibility index (Phi) is 5.59. The van der Waals surface area contributed by atoms with Gasteiger partial charge in [-0.3, -0.25) is 4.79 Å². The van der Waals surface area contributed by atoms with Crippen LogP contribution in [0, 0.1) is 0 Å². The first-order valence-corrected chi connectivity index (χ1v) is 7.58. The van der Waals surface area contributed by atoms with Crippen LogP contribution in [0.15, 0.2) is 24.3 Å². The second kappa shape index (κ2) is 7.43. The van der Waals surface area contributed by atoms with E-state index >= 15 is 0 Å². The monoisotopic (exact) mass is 292 g/mol. The van der Waals surface area contributed by atoms with Gasteiger partial charge in [0.25, 0.3) is 0 Å². The highest BCUT2D eigenvalue weighted by molar-refractivity contribution is 5.82. The van der Waals surface area contributed by atoms with Crippen LogP contribution in [-0.4, -0.2) is 34.3 Å². The van der Waals surface area contributed by atoms with Crippen LogP contribution in [-0.2, 0) is 11.2 Å². The maximum absolute atomic E-state index is 12.1. The van der Waals surface area contributed by atoms with Gasteiger partial charge in [0.2, 0.25) is 5.91 Å². The van der Waals surface area contributed by atoms with E-state index < -0.39 is 12.1 Å². The molecule has 5 nitrogen and oxygen atoms in total. The zero-order valence-corrected chi connectivity index (χ0v) is 12.2. The van der Waals surface area contributed by atoms with Crippen molar-refractivity contribution in [2.45, 2.75) is 56.7 Å². The van der Waals surface area contributed by atoms with Crippen LogP contribution in [0.25, 0.3) is 0 Å². The lowest BCUT2D eigenvalue weighted by molar-refractivity contribution is -0.124. The van der Waals surface area contributed by atoms with Crippen LogP contribution >= 0.6 is 0 Å². The Hall–Kier alpha value is -1.59. The zero-order chi connectivity index (χ0) is 15.2. The highest BCUT2D eigenvalue weighted by atomic mass is 16.3. The van der Waals surface area contributed by atoms with E-state index in [1.807, 2.05) is 0 Å². The standard InChI is InChI=1S/C16H24N2O3/c17-13(10-11-6-8-12(19)9-7-11)16(21)18-14-4-2-1-3-5-15(14)20/h6-9,13-15,19-20H,1-5,10,17H2,(H,18,21). The molecule has 0 radical (unpaired) electrons. The molecular formula is C16H24N2O3. The third-order valence-electron chi connectivity index (χ3n) is 4.04. The first kappa shape index (κ1) is 15.8. The minimum Gasteiger partial charge on any atom is -0.508 e. The number of phenols is 1. The molecule has 116 valence electrons. The molecule has 3 unspecified atom stereocenters. The van der Waals surface area contributed by atoms with E-state index in [2.05, 4.69) is 5.32 Å². The fourth-order valence-electron chi connectivity index (χ4n) is 2.72. The van der Waals surface area contributed by atoms with Gasteiger partial charge < -0.3 is 21.3 Å². The molecule has 2 rings (SSSR count). The van der Waals surface area contributed by atoms with Gasteiger partial charge in [-0.1, -0.05) is 31.4 Å². The number of rotatable bonds is 4. The van der Waals surface area contributed by atoms with E-state index in [0.717, 1.165) is 37.7 Å². The summed E-state index contributed by atoms with van der Waals surface area (Å²) >= 11 is 0. The van der Waals surface area contributed by atoms with E-state index in [0.29, 0.717) is 6.42 Å². The molecule has 21 heavy (non-hydrogen) atoms. The number of hydrogen-bond donors (Lipinski definition) is 4. The summed E-state index contributed by atoms with van der Waals surface area (Å²) in [4.78, 5) is 12.1. The van der Waals surface area contributed by atoms with Crippen molar-refractivity contribution >= 4 is 5.91 Å². The quantitative estimate of drug-likeness (QED) is 0.624. The molecule has 0 spiro atoms. The third-order valence-corrected chi connectivity index (χ3v) is 4.04. The van der Waals surface area contributed by atoms with Gasteiger partial charge in [-0.05, 0) is 37.0 Å². The summed E-state index contributed by atoms with van der Waals surface area (Å²) in [5, 5.41) is 22.1. The fourth-order valence-corrected chi connectivity index (χ4v) is 2.72. The molecule has 1 aromatic rings. The molecule has 1 aliphatic carbocycles. The van der Waals surface area contributed by atoms with Crippen molar-refractivity contribution in [3.05, 3.63) is 29.8 Å². The molecule has 3 atom stereocenters. The maximum atomic E-state index is 12.1. The minimum absolute atomic E-state index is 0.189. The zero-order valence-electron chi connectivity index (χ0n) is 12.2. The van der Waals surface area contributed by atoms with Gasteiger partial charge in [0, 0.05) is 0 Å². The largest absolute Gasteiger partial charge is 0.508 e. The number of aliphatic hydroxyl groups excluding tert-OH is 1. The molecule has 1 amide bonds. The summed E-state index contributed by atoms with van der Waals surface area (Å²) < 4.78 is 0. The van der Waals surface area contributed by atoms with Gasteiger partial charge in [0.1, 0.15) is 5.75 Å². The predicted molar refractivity (Wildman–Crippen MR) is 80.8 cm³/mol. The molecule has 0 bridgehead atoms. The first-order valence-electron chi connectivity index (χ1n) is 7.58. The first-order chi connectivity index (χ1) is 10.1. The molecule has 1 aromatic carbocycles. The van der Waals surface area contributed by atoms with Crippen LogP contribution < -0.4 is 11.1 Å². The van der Waals surface area contributed by atoms with Crippen LogP contribution in [0.5, 0.6) is 5.75 Å². The van der Waals surface area contributed by atoms with Crippen molar-refractivity contribution in [1.82, 2.24) is 5.32 Å². The van der Waals surface area contributed by atoms with Gasteiger partial charge in [0.05, 0.1) is 18.2 Å². The molecule has 1 fully saturated rings. The smallest absolute Gasteiger partial charge is 0.237 e. The Morgan fingerprint density at radius 2 is 1.90 bits per heavy atom. The maximum Gasteiger partial charge on any atom is 0.237 e. The van der Waals surface area contributed by atoms with E-state index in [9.17, 15) is 15.0 Å². The van der Waals surface area contributed by atoms with Crippen LogP contribution in [0.4, 0.5) is 0 Å². The topological polar surface area (TPSA) is 95.6 Å². The minimum atomic E-state index is -0.648. The van der Waals surface area contributed by atoms with Crippen molar-refractivity contribution < 1.29 is 15.0 Å². The van der Waals surface area contributed by atoms with Crippen molar-refractivity contribution in [3.63, 3.8) is 0 Å². The van der Waals surface area contributed by atoms with E-state index in [1.165, 1.54) is 0 Å². The molecule has 0 aliphatic heterocycles.